The Labute approximate surface area is 159 Å². The summed E-state index contributed by atoms with van der Waals surface area (Å²) in [4.78, 5) is 14.9. The summed E-state index contributed by atoms with van der Waals surface area (Å²) in [6.07, 6.45) is 0.969. The highest BCUT2D eigenvalue weighted by Crippen LogP contribution is 2.32. The number of nitrogens with zero attached hydrogens (tertiary/aromatic N) is 1. The van der Waals surface area contributed by atoms with E-state index < -0.39 is 0 Å². The molecule has 1 aliphatic heterocycles. The molecule has 4 rings (SSSR count). The van der Waals surface area contributed by atoms with Crippen molar-refractivity contribution in [3.8, 4) is 11.5 Å². The van der Waals surface area contributed by atoms with Gasteiger partial charge in [0.05, 0.1) is 12.2 Å². The summed E-state index contributed by atoms with van der Waals surface area (Å²) >= 11 is 0. The first kappa shape index (κ1) is 17.2. The van der Waals surface area contributed by atoms with Gasteiger partial charge < -0.3 is 15.0 Å². The maximum absolute atomic E-state index is 12.7. The molecule has 1 unspecified atom stereocenters. The second kappa shape index (κ2) is 7.54. The van der Waals surface area contributed by atoms with Crippen LogP contribution in [0.15, 0.2) is 78.9 Å². The summed E-state index contributed by atoms with van der Waals surface area (Å²) in [6.45, 7) is 2.47. The van der Waals surface area contributed by atoms with E-state index in [-0.39, 0.29) is 5.91 Å². The third kappa shape index (κ3) is 3.80. The summed E-state index contributed by atoms with van der Waals surface area (Å²) < 4.78 is 5.93. The van der Waals surface area contributed by atoms with Crippen LogP contribution in [0.25, 0.3) is 0 Å². The lowest BCUT2D eigenvalue weighted by molar-refractivity contribution is -0.115. The fourth-order valence-corrected chi connectivity index (χ4v) is 3.49. The average molecular weight is 358 g/mol. The van der Waals surface area contributed by atoms with E-state index in [1.807, 2.05) is 66.7 Å². The van der Waals surface area contributed by atoms with E-state index in [0.717, 1.165) is 17.9 Å². The van der Waals surface area contributed by atoms with Gasteiger partial charge >= 0.3 is 0 Å². The number of rotatable bonds is 5. The van der Waals surface area contributed by atoms with Gasteiger partial charge in [-0.1, -0.05) is 48.5 Å². The van der Waals surface area contributed by atoms with Gasteiger partial charge in [-0.05, 0) is 49.2 Å². The molecular formula is C23H22N2O2. The van der Waals surface area contributed by atoms with E-state index in [0.29, 0.717) is 24.0 Å². The average Bonchev–Trinajstić information content (AvgIpc) is 2.99. The maximum Gasteiger partial charge on any atom is 0.244 e. The fourth-order valence-electron chi connectivity index (χ4n) is 3.49. The van der Waals surface area contributed by atoms with Gasteiger partial charge in [0.15, 0.2) is 5.75 Å². The van der Waals surface area contributed by atoms with Crippen molar-refractivity contribution in [3.05, 3.63) is 84.4 Å². The molecule has 0 spiro atoms. The van der Waals surface area contributed by atoms with Crippen molar-refractivity contribution in [2.75, 3.05) is 16.8 Å². The van der Waals surface area contributed by atoms with Gasteiger partial charge in [-0.15, -0.1) is 0 Å². The number of fused-ring (bicyclic) bond motifs is 1. The Balaban J connectivity index is 1.48. The molecule has 0 radical (unpaired) electrons. The SMILES string of the molecule is CC1Cc2ccccc2N1CC(=O)Nc1ccccc1Oc1ccccc1. The molecule has 1 N–H and O–H groups in total. The van der Waals surface area contributed by atoms with Crippen LogP contribution in [0.4, 0.5) is 11.4 Å². The van der Waals surface area contributed by atoms with Crippen LogP contribution in [0, 0.1) is 0 Å². The number of carbonyl (C=O) groups is 1. The molecule has 0 saturated heterocycles. The highest BCUT2D eigenvalue weighted by Gasteiger charge is 2.27. The molecule has 1 amide bonds. The summed E-state index contributed by atoms with van der Waals surface area (Å²) in [5.41, 5.74) is 3.12. The number of hydrogen-bond donors (Lipinski definition) is 1. The van der Waals surface area contributed by atoms with Crippen LogP contribution in [-0.4, -0.2) is 18.5 Å². The van der Waals surface area contributed by atoms with Gasteiger partial charge in [0, 0.05) is 11.7 Å². The predicted octanol–water partition coefficient (Wildman–Crippen LogP) is 4.87. The molecule has 27 heavy (non-hydrogen) atoms. The normalized spacial score (nSPS) is 15.3. The van der Waals surface area contributed by atoms with E-state index in [9.17, 15) is 4.79 Å². The second-order valence-corrected chi connectivity index (χ2v) is 6.77. The molecule has 1 aliphatic rings. The van der Waals surface area contributed by atoms with Crippen LogP contribution in [-0.2, 0) is 11.2 Å². The first-order valence-corrected chi connectivity index (χ1v) is 9.17. The van der Waals surface area contributed by atoms with Crippen molar-refractivity contribution in [2.24, 2.45) is 0 Å². The topological polar surface area (TPSA) is 41.6 Å². The molecule has 4 heteroatoms. The molecule has 0 bridgehead atoms. The number of hydrogen-bond acceptors (Lipinski definition) is 3. The van der Waals surface area contributed by atoms with E-state index in [2.05, 4.69) is 29.3 Å². The van der Waals surface area contributed by atoms with Crippen molar-refractivity contribution < 1.29 is 9.53 Å². The number of carbonyl (C=O) groups excluding carboxylic acids is 1. The van der Waals surface area contributed by atoms with Crippen LogP contribution < -0.4 is 15.0 Å². The second-order valence-electron chi connectivity index (χ2n) is 6.77. The molecule has 0 fully saturated rings. The highest BCUT2D eigenvalue weighted by atomic mass is 16.5. The quantitative estimate of drug-likeness (QED) is 0.707. The van der Waals surface area contributed by atoms with Crippen LogP contribution in [0.3, 0.4) is 0 Å². The molecule has 3 aromatic rings. The monoisotopic (exact) mass is 358 g/mol. The minimum absolute atomic E-state index is 0.0531. The van der Waals surface area contributed by atoms with Crippen molar-refractivity contribution in [2.45, 2.75) is 19.4 Å². The molecule has 0 aromatic heterocycles. The van der Waals surface area contributed by atoms with Crippen molar-refractivity contribution in [1.29, 1.82) is 0 Å². The Hall–Kier alpha value is -3.27. The van der Waals surface area contributed by atoms with Gasteiger partial charge in [0.25, 0.3) is 0 Å². The zero-order valence-corrected chi connectivity index (χ0v) is 15.3. The predicted molar refractivity (Wildman–Crippen MR) is 109 cm³/mol. The van der Waals surface area contributed by atoms with Gasteiger partial charge in [-0.25, -0.2) is 0 Å². The van der Waals surface area contributed by atoms with E-state index in [1.54, 1.807) is 0 Å². The lowest BCUT2D eigenvalue weighted by atomic mass is 10.1. The number of nitrogens with one attached hydrogen (secondary N) is 1. The molecule has 1 heterocycles. The van der Waals surface area contributed by atoms with Gasteiger partial charge in [-0.2, -0.15) is 0 Å². The third-order valence-electron chi connectivity index (χ3n) is 4.79. The number of para-hydroxylation sites is 4. The highest BCUT2D eigenvalue weighted by molar-refractivity contribution is 5.95. The number of amides is 1. The Bertz CT molecular complexity index is 940. The Morgan fingerprint density at radius 1 is 1.00 bits per heavy atom. The largest absolute Gasteiger partial charge is 0.455 e. The minimum atomic E-state index is -0.0531. The Kier molecular flexibility index (Phi) is 4.79. The number of ether oxygens (including phenoxy) is 1. The van der Waals surface area contributed by atoms with E-state index in [4.69, 9.17) is 4.74 Å². The molecule has 4 nitrogen and oxygen atoms in total. The standard InChI is InChI=1S/C23H22N2O2/c1-17-15-18-9-5-7-13-21(18)25(17)16-23(26)24-20-12-6-8-14-22(20)27-19-10-3-2-4-11-19/h2-14,17H,15-16H2,1H3,(H,24,26). The Morgan fingerprint density at radius 3 is 2.56 bits per heavy atom. The van der Waals surface area contributed by atoms with Crippen molar-refractivity contribution >= 4 is 17.3 Å². The Morgan fingerprint density at radius 2 is 1.70 bits per heavy atom. The van der Waals surface area contributed by atoms with Gasteiger partial charge in [0.1, 0.15) is 5.75 Å². The molecule has 1 atom stereocenters. The number of benzene rings is 3. The van der Waals surface area contributed by atoms with Gasteiger partial charge in [0.2, 0.25) is 5.91 Å². The van der Waals surface area contributed by atoms with Crippen molar-refractivity contribution in [1.82, 2.24) is 0 Å². The van der Waals surface area contributed by atoms with E-state index >= 15 is 0 Å². The van der Waals surface area contributed by atoms with Gasteiger partial charge in [-0.3, -0.25) is 4.79 Å². The maximum atomic E-state index is 12.7. The lowest BCUT2D eigenvalue weighted by Gasteiger charge is -2.24. The minimum Gasteiger partial charge on any atom is -0.455 e. The van der Waals surface area contributed by atoms with Crippen LogP contribution >= 0.6 is 0 Å². The first-order chi connectivity index (χ1) is 13.2. The van der Waals surface area contributed by atoms with E-state index in [1.165, 1.54) is 5.56 Å². The zero-order valence-electron chi connectivity index (χ0n) is 15.3. The molecule has 0 aliphatic carbocycles. The summed E-state index contributed by atoms with van der Waals surface area (Å²) in [5.74, 6) is 1.32. The van der Waals surface area contributed by atoms with Crippen molar-refractivity contribution in [3.63, 3.8) is 0 Å². The number of anilines is 2. The summed E-state index contributed by atoms with van der Waals surface area (Å²) in [5, 5.41) is 3.00. The van der Waals surface area contributed by atoms with Crippen LogP contribution in [0.2, 0.25) is 0 Å². The molecule has 3 aromatic carbocycles. The summed E-state index contributed by atoms with van der Waals surface area (Å²) in [6, 6.07) is 25.7. The van der Waals surface area contributed by atoms with Crippen LogP contribution in [0.5, 0.6) is 11.5 Å². The van der Waals surface area contributed by atoms with Crippen LogP contribution in [0.1, 0.15) is 12.5 Å². The lowest BCUT2D eigenvalue weighted by Crippen LogP contribution is -2.37. The summed E-state index contributed by atoms with van der Waals surface area (Å²) in [7, 11) is 0. The fraction of sp³-hybridized carbons (Fsp3) is 0.174. The molecule has 136 valence electrons. The molecule has 0 saturated carbocycles. The first-order valence-electron chi connectivity index (χ1n) is 9.17. The smallest absolute Gasteiger partial charge is 0.244 e. The third-order valence-corrected chi connectivity index (χ3v) is 4.79. The molecular weight excluding hydrogens is 336 g/mol. The zero-order chi connectivity index (χ0) is 18.6.